The topological polar surface area (TPSA) is 58.6 Å². The van der Waals surface area contributed by atoms with Crippen LogP contribution in [0.5, 0.6) is 5.75 Å². The molecule has 0 spiro atoms. The molecule has 5 nitrogen and oxygen atoms in total. The zero-order chi connectivity index (χ0) is 18.1. The third kappa shape index (κ3) is 3.52. The maximum atomic E-state index is 13.2. The fourth-order valence-electron chi connectivity index (χ4n) is 2.27. The van der Waals surface area contributed by atoms with Gasteiger partial charge < -0.3 is 10.1 Å². The van der Waals surface area contributed by atoms with E-state index in [1.165, 1.54) is 18.2 Å². The van der Waals surface area contributed by atoms with Crippen molar-refractivity contribution >= 4 is 22.6 Å². The lowest BCUT2D eigenvalue weighted by Gasteiger charge is -2.12. The number of halogens is 3. The first-order valence-corrected chi connectivity index (χ1v) is 8.33. The van der Waals surface area contributed by atoms with Crippen LogP contribution in [-0.2, 0) is 11.0 Å². The molecule has 132 valence electrons. The van der Waals surface area contributed by atoms with Gasteiger partial charge in [0.05, 0.1) is 4.90 Å². The van der Waals surface area contributed by atoms with E-state index in [1.807, 2.05) is 0 Å². The SMILES string of the molecule is CN1CCOc2ccc(C(=O)Nc3cc(F)c(F)c(F)c3)cc2S1=O. The molecule has 0 saturated carbocycles. The van der Waals surface area contributed by atoms with Crippen LogP contribution in [0.15, 0.2) is 35.2 Å². The fraction of sp³-hybridized carbons (Fsp3) is 0.188. The number of carbonyl (C=O) groups is 1. The quantitative estimate of drug-likeness (QED) is 0.827. The molecule has 1 unspecified atom stereocenters. The molecule has 2 aromatic rings. The molecule has 1 N–H and O–H groups in total. The van der Waals surface area contributed by atoms with Crippen LogP contribution in [0, 0.1) is 17.5 Å². The van der Waals surface area contributed by atoms with E-state index in [9.17, 15) is 22.2 Å². The minimum absolute atomic E-state index is 0.121. The van der Waals surface area contributed by atoms with Gasteiger partial charge in [-0.05, 0) is 18.2 Å². The van der Waals surface area contributed by atoms with Crippen LogP contribution in [0.1, 0.15) is 10.4 Å². The minimum atomic E-state index is -1.61. The molecule has 1 heterocycles. The molecule has 1 aliphatic rings. The molecule has 0 fully saturated rings. The average Bonchev–Trinajstić information content (AvgIpc) is 2.71. The van der Waals surface area contributed by atoms with E-state index in [2.05, 4.69) is 5.32 Å². The maximum Gasteiger partial charge on any atom is 0.255 e. The third-order valence-electron chi connectivity index (χ3n) is 3.58. The monoisotopic (exact) mass is 370 g/mol. The van der Waals surface area contributed by atoms with Gasteiger partial charge in [0, 0.05) is 37.0 Å². The van der Waals surface area contributed by atoms with E-state index >= 15 is 0 Å². The van der Waals surface area contributed by atoms with Gasteiger partial charge in [-0.25, -0.2) is 21.7 Å². The van der Waals surface area contributed by atoms with Crippen molar-refractivity contribution in [2.75, 3.05) is 25.5 Å². The van der Waals surface area contributed by atoms with E-state index < -0.39 is 34.3 Å². The lowest BCUT2D eigenvalue weighted by molar-refractivity contribution is 0.102. The molecule has 1 atom stereocenters. The number of nitrogens with one attached hydrogen (secondary N) is 1. The molecular formula is C16H13F3N2O3S. The summed E-state index contributed by atoms with van der Waals surface area (Å²) in [6.45, 7) is 0.811. The van der Waals surface area contributed by atoms with E-state index in [4.69, 9.17) is 4.74 Å². The Bertz CT molecular complexity index is 853. The highest BCUT2D eigenvalue weighted by molar-refractivity contribution is 7.82. The van der Waals surface area contributed by atoms with Crippen LogP contribution in [0.4, 0.5) is 18.9 Å². The molecule has 0 saturated heterocycles. The summed E-state index contributed by atoms with van der Waals surface area (Å²) in [7, 11) is 0.156. The number of nitrogens with zero attached hydrogens (tertiary/aromatic N) is 1. The Hall–Kier alpha value is -2.39. The Morgan fingerprint density at radius 3 is 2.56 bits per heavy atom. The van der Waals surface area contributed by atoms with Crippen LogP contribution in [0.25, 0.3) is 0 Å². The second-order valence-corrected chi connectivity index (χ2v) is 6.88. The van der Waals surface area contributed by atoms with Gasteiger partial charge in [-0.15, -0.1) is 0 Å². The van der Waals surface area contributed by atoms with Gasteiger partial charge in [0.25, 0.3) is 5.91 Å². The Morgan fingerprint density at radius 1 is 1.20 bits per heavy atom. The molecule has 0 aliphatic carbocycles. The molecule has 9 heteroatoms. The Balaban J connectivity index is 1.88. The van der Waals surface area contributed by atoms with E-state index in [-0.39, 0.29) is 11.3 Å². The number of anilines is 1. The van der Waals surface area contributed by atoms with Crippen molar-refractivity contribution in [3.05, 3.63) is 53.3 Å². The van der Waals surface area contributed by atoms with Gasteiger partial charge in [0.15, 0.2) is 17.5 Å². The molecule has 1 amide bonds. The zero-order valence-electron chi connectivity index (χ0n) is 13.0. The number of hydrogen-bond acceptors (Lipinski definition) is 3. The van der Waals surface area contributed by atoms with Crippen LogP contribution < -0.4 is 10.1 Å². The number of benzene rings is 2. The molecule has 2 aromatic carbocycles. The fourth-order valence-corrected chi connectivity index (χ4v) is 3.37. The van der Waals surface area contributed by atoms with Crippen LogP contribution in [0.2, 0.25) is 0 Å². The van der Waals surface area contributed by atoms with Crippen molar-refractivity contribution in [2.45, 2.75) is 4.90 Å². The van der Waals surface area contributed by atoms with Gasteiger partial charge in [-0.3, -0.25) is 4.79 Å². The summed E-state index contributed by atoms with van der Waals surface area (Å²) < 4.78 is 58.8. The highest BCUT2D eigenvalue weighted by Gasteiger charge is 2.22. The number of carbonyl (C=O) groups excluding carboxylic acids is 1. The standard InChI is InChI=1S/C16H13F3N2O3S/c1-21-4-5-24-13-3-2-9(6-14(13)25(21)23)16(22)20-10-7-11(17)15(19)12(18)8-10/h2-3,6-8H,4-5H2,1H3,(H,20,22). The van der Waals surface area contributed by atoms with Gasteiger partial charge >= 0.3 is 0 Å². The first kappa shape index (κ1) is 17.4. The maximum absolute atomic E-state index is 13.2. The number of likely N-dealkylation sites (N-methyl/N-ethyl adjacent to an activating group) is 1. The number of ether oxygens (including phenoxy) is 1. The van der Waals surface area contributed by atoms with Crippen LogP contribution in [-0.4, -0.2) is 34.6 Å². The summed E-state index contributed by atoms with van der Waals surface area (Å²) in [5.41, 5.74) is -0.109. The van der Waals surface area contributed by atoms with Crippen molar-refractivity contribution < 1.29 is 26.9 Å². The van der Waals surface area contributed by atoms with Gasteiger partial charge in [-0.2, -0.15) is 0 Å². The zero-order valence-corrected chi connectivity index (χ0v) is 13.8. The molecule has 0 bridgehead atoms. The van der Waals surface area contributed by atoms with Crippen molar-refractivity contribution in [1.82, 2.24) is 4.31 Å². The van der Waals surface area contributed by atoms with E-state index in [0.29, 0.717) is 35.9 Å². The predicted molar refractivity (Wildman–Crippen MR) is 85.2 cm³/mol. The van der Waals surface area contributed by atoms with Gasteiger partial charge in [0.1, 0.15) is 23.3 Å². The Morgan fingerprint density at radius 2 is 1.88 bits per heavy atom. The largest absolute Gasteiger partial charge is 0.491 e. The molecule has 0 aromatic heterocycles. The normalized spacial score (nSPS) is 17.4. The number of amides is 1. The Kier molecular flexibility index (Phi) is 4.78. The molecular weight excluding hydrogens is 357 g/mol. The van der Waals surface area contributed by atoms with Crippen molar-refractivity contribution in [3.63, 3.8) is 0 Å². The highest BCUT2D eigenvalue weighted by atomic mass is 32.2. The van der Waals surface area contributed by atoms with Gasteiger partial charge in [0.2, 0.25) is 0 Å². The lowest BCUT2D eigenvalue weighted by Crippen LogP contribution is -2.23. The summed E-state index contributed by atoms with van der Waals surface area (Å²) in [5.74, 6) is -4.71. The molecule has 1 aliphatic heterocycles. The minimum Gasteiger partial charge on any atom is -0.491 e. The number of fused-ring (bicyclic) bond motifs is 1. The third-order valence-corrected chi connectivity index (χ3v) is 5.03. The second-order valence-electron chi connectivity index (χ2n) is 5.32. The summed E-state index contributed by atoms with van der Waals surface area (Å²) in [6.07, 6.45) is 0. The lowest BCUT2D eigenvalue weighted by atomic mass is 10.2. The summed E-state index contributed by atoms with van der Waals surface area (Å²) in [4.78, 5) is 12.6. The van der Waals surface area contributed by atoms with Crippen molar-refractivity contribution in [1.29, 1.82) is 0 Å². The summed E-state index contributed by atoms with van der Waals surface area (Å²) >= 11 is 0. The van der Waals surface area contributed by atoms with Crippen LogP contribution in [0.3, 0.4) is 0 Å². The van der Waals surface area contributed by atoms with E-state index in [0.717, 1.165) is 0 Å². The second kappa shape index (κ2) is 6.85. The van der Waals surface area contributed by atoms with E-state index in [1.54, 1.807) is 11.4 Å². The predicted octanol–water partition coefficient (Wildman–Crippen LogP) is 2.70. The first-order valence-electron chi connectivity index (χ1n) is 7.22. The first-order chi connectivity index (χ1) is 11.9. The highest BCUT2D eigenvalue weighted by Crippen LogP contribution is 2.28. The summed E-state index contributed by atoms with van der Waals surface area (Å²) in [6, 6.07) is 5.68. The molecule has 3 rings (SSSR count). The van der Waals surface area contributed by atoms with Crippen molar-refractivity contribution in [3.8, 4) is 5.75 Å². The number of hydrogen-bond donors (Lipinski definition) is 1. The molecule has 0 radical (unpaired) electrons. The Labute approximate surface area is 144 Å². The average molecular weight is 370 g/mol. The molecule has 25 heavy (non-hydrogen) atoms. The van der Waals surface area contributed by atoms with Crippen LogP contribution >= 0.6 is 0 Å². The van der Waals surface area contributed by atoms with Gasteiger partial charge in [-0.1, -0.05) is 0 Å². The summed E-state index contributed by atoms with van der Waals surface area (Å²) in [5, 5.41) is 2.28. The van der Waals surface area contributed by atoms with Crippen molar-refractivity contribution in [2.24, 2.45) is 0 Å². The smallest absolute Gasteiger partial charge is 0.255 e. The number of rotatable bonds is 2.